The fourth-order valence-corrected chi connectivity index (χ4v) is 4.44. The number of hydrogen-bond donors (Lipinski definition) is 2. The average molecular weight is 402 g/mol. The van der Waals surface area contributed by atoms with Crippen molar-refractivity contribution in [2.75, 3.05) is 13.1 Å². The van der Waals surface area contributed by atoms with E-state index in [4.69, 9.17) is 4.98 Å². The molecule has 6 nitrogen and oxygen atoms in total. The lowest BCUT2D eigenvalue weighted by Crippen LogP contribution is -2.50. The molecule has 2 heterocycles. The number of carbonyl (C=O) groups excluding carboxylic acids is 1. The normalized spacial score (nSPS) is 21.7. The second kappa shape index (κ2) is 8.00. The number of nitrogens with zero attached hydrogens (tertiary/aromatic N) is 3. The molecule has 1 saturated heterocycles. The fourth-order valence-electron chi connectivity index (χ4n) is 4.44. The van der Waals surface area contributed by atoms with Gasteiger partial charge < -0.3 is 10.0 Å². The van der Waals surface area contributed by atoms with E-state index in [0.717, 1.165) is 29.4 Å². The molecule has 0 radical (unpaired) electrons. The Morgan fingerprint density at radius 2 is 1.75 bits per heavy atom. The zero-order valence-electron chi connectivity index (χ0n) is 16.4. The molecule has 1 saturated carbocycles. The number of piperidine rings is 1. The van der Waals surface area contributed by atoms with E-state index in [1.54, 1.807) is 0 Å². The first kappa shape index (κ1) is 21.1. The molecular formula is C19H29F3N4O2. The molecule has 0 bridgehead atoms. The molecule has 0 unspecified atom stereocenters. The maximum Gasteiger partial charge on any atom is 0.423 e. The van der Waals surface area contributed by atoms with E-state index in [1.165, 1.54) is 19.3 Å². The second-order valence-corrected chi connectivity index (χ2v) is 8.64. The topological polar surface area (TPSA) is 82.1 Å². The number of aliphatic hydroxyl groups is 1. The zero-order valence-corrected chi connectivity index (χ0v) is 16.4. The Bertz CT molecular complexity index is 675. The number of H-pyrrole nitrogens is 1. The van der Waals surface area contributed by atoms with Crippen molar-refractivity contribution in [3.8, 4) is 0 Å². The van der Waals surface area contributed by atoms with Crippen LogP contribution >= 0.6 is 0 Å². The molecule has 1 aromatic rings. The summed E-state index contributed by atoms with van der Waals surface area (Å²) in [4.78, 5) is 17.7. The summed E-state index contributed by atoms with van der Waals surface area (Å²) in [5.74, 6) is 0.974. The van der Waals surface area contributed by atoms with Gasteiger partial charge in [0.15, 0.2) is 5.82 Å². The number of aromatic amines is 1. The van der Waals surface area contributed by atoms with Crippen LogP contribution in [0.5, 0.6) is 0 Å². The van der Waals surface area contributed by atoms with E-state index in [0.29, 0.717) is 18.8 Å². The molecule has 3 rings (SSSR count). The summed E-state index contributed by atoms with van der Waals surface area (Å²) in [6.07, 6.45) is -0.837. The molecule has 1 aliphatic carbocycles. The van der Waals surface area contributed by atoms with Crippen LogP contribution in [-0.4, -0.2) is 56.5 Å². The Hall–Kier alpha value is -1.64. The number of aromatic nitrogens is 3. The molecule has 28 heavy (non-hydrogen) atoms. The molecule has 1 aliphatic heterocycles. The van der Waals surface area contributed by atoms with Gasteiger partial charge in [-0.1, -0.05) is 33.1 Å². The molecule has 1 amide bonds. The third-order valence-electron chi connectivity index (χ3n) is 6.44. The van der Waals surface area contributed by atoms with Crippen LogP contribution in [0.15, 0.2) is 0 Å². The molecule has 2 N–H and O–H groups in total. The summed E-state index contributed by atoms with van der Waals surface area (Å²) in [6.45, 7) is 4.49. The van der Waals surface area contributed by atoms with E-state index in [-0.39, 0.29) is 24.4 Å². The van der Waals surface area contributed by atoms with Gasteiger partial charge in [0.1, 0.15) is 5.82 Å². The Labute approximate surface area is 162 Å². The minimum atomic E-state index is -4.93. The van der Waals surface area contributed by atoms with E-state index in [2.05, 4.69) is 10.2 Å². The fraction of sp³-hybridized carbons (Fsp3) is 0.842. The molecule has 158 valence electrons. The van der Waals surface area contributed by atoms with Gasteiger partial charge >= 0.3 is 6.18 Å². The van der Waals surface area contributed by atoms with Gasteiger partial charge in [-0.3, -0.25) is 9.89 Å². The van der Waals surface area contributed by atoms with E-state index in [1.807, 2.05) is 13.8 Å². The van der Waals surface area contributed by atoms with Gasteiger partial charge in [-0.05, 0) is 31.6 Å². The molecule has 0 spiro atoms. The highest BCUT2D eigenvalue weighted by molar-refractivity contribution is 5.81. The summed E-state index contributed by atoms with van der Waals surface area (Å²) in [6, 6.07) is 0. The van der Waals surface area contributed by atoms with Crippen molar-refractivity contribution in [3.05, 3.63) is 11.6 Å². The van der Waals surface area contributed by atoms with E-state index < -0.39 is 18.2 Å². The molecule has 0 aromatic carbocycles. The first-order valence-corrected chi connectivity index (χ1v) is 10.1. The highest BCUT2D eigenvalue weighted by Crippen LogP contribution is 2.38. The van der Waals surface area contributed by atoms with Gasteiger partial charge in [-0.25, -0.2) is 4.98 Å². The van der Waals surface area contributed by atoms with Gasteiger partial charge in [0.2, 0.25) is 6.10 Å². The minimum Gasteiger partial charge on any atom is -0.376 e. The van der Waals surface area contributed by atoms with Crippen LogP contribution in [0, 0.1) is 5.92 Å². The lowest BCUT2D eigenvalue weighted by atomic mass is 9.73. The predicted octanol–water partition coefficient (Wildman–Crippen LogP) is 3.29. The number of rotatable bonds is 4. The largest absolute Gasteiger partial charge is 0.423 e. The molecule has 1 aromatic heterocycles. The summed E-state index contributed by atoms with van der Waals surface area (Å²) in [5, 5.41) is 16.7. The highest BCUT2D eigenvalue weighted by Gasteiger charge is 2.46. The van der Waals surface area contributed by atoms with Gasteiger partial charge in [-0.15, -0.1) is 0 Å². The number of nitrogens with one attached hydrogen (secondary N) is 1. The van der Waals surface area contributed by atoms with Crippen molar-refractivity contribution in [1.29, 1.82) is 0 Å². The van der Waals surface area contributed by atoms with Crippen LogP contribution in [-0.2, 0) is 10.2 Å². The number of likely N-dealkylation sites (tertiary alicyclic amines) is 1. The van der Waals surface area contributed by atoms with Crippen molar-refractivity contribution >= 4 is 5.91 Å². The standard InChI is InChI=1S/C19H29F3N4O2/c1-18(2,17-23-15(24-25-17)12-6-4-3-5-7-12)13-8-10-26(11-9-13)16(28)14(27)19(20,21)22/h12-14,27H,3-11H2,1-2H3,(H,23,24,25)/t14-/m1/s1. The molecule has 9 heteroatoms. The van der Waals surface area contributed by atoms with Crippen molar-refractivity contribution in [3.63, 3.8) is 0 Å². The number of alkyl halides is 3. The summed E-state index contributed by atoms with van der Waals surface area (Å²) in [7, 11) is 0. The maximum atomic E-state index is 12.6. The summed E-state index contributed by atoms with van der Waals surface area (Å²) >= 11 is 0. The Morgan fingerprint density at radius 1 is 1.14 bits per heavy atom. The SMILES string of the molecule is CC(C)(c1n[nH]c(C2CCCCC2)n1)C1CCN(C(=O)[C@@H](O)C(F)(F)F)CC1. The Balaban J connectivity index is 1.61. The van der Waals surface area contributed by atoms with Gasteiger partial charge in [0.05, 0.1) is 0 Å². The van der Waals surface area contributed by atoms with Crippen molar-refractivity contribution in [2.24, 2.45) is 5.92 Å². The van der Waals surface area contributed by atoms with Gasteiger partial charge in [0, 0.05) is 24.4 Å². The van der Waals surface area contributed by atoms with Crippen molar-refractivity contribution < 1.29 is 23.1 Å². The lowest BCUT2D eigenvalue weighted by Gasteiger charge is -2.39. The van der Waals surface area contributed by atoms with Crippen LogP contribution < -0.4 is 0 Å². The third-order valence-corrected chi connectivity index (χ3v) is 6.44. The first-order valence-electron chi connectivity index (χ1n) is 10.1. The van der Waals surface area contributed by atoms with Crippen molar-refractivity contribution in [2.45, 2.75) is 82.4 Å². The number of carbonyl (C=O) groups is 1. The van der Waals surface area contributed by atoms with E-state index >= 15 is 0 Å². The molecule has 2 fully saturated rings. The molecule has 1 atom stereocenters. The lowest BCUT2D eigenvalue weighted by molar-refractivity contribution is -0.211. The maximum absolute atomic E-state index is 12.6. The number of halogens is 3. The van der Waals surface area contributed by atoms with Crippen LogP contribution in [0.1, 0.15) is 76.4 Å². The van der Waals surface area contributed by atoms with Crippen LogP contribution in [0.4, 0.5) is 13.2 Å². The monoisotopic (exact) mass is 402 g/mol. The van der Waals surface area contributed by atoms with Crippen LogP contribution in [0.25, 0.3) is 0 Å². The third kappa shape index (κ3) is 4.34. The quantitative estimate of drug-likeness (QED) is 0.810. The number of hydrogen-bond acceptors (Lipinski definition) is 4. The highest BCUT2D eigenvalue weighted by atomic mass is 19.4. The van der Waals surface area contributed by atoms with Crippen molar-refractivity contribution in [1.82, 2.24) is 20.1 Å². The molecule has 2 aliphatic rings. The van der Waals surface area contributed by atoms with E-state index in [9.17, 15) is 23.1 Å². The Morgan fingerprint density at radius 3 is 2.32 bits per heavy atom. The Kier molecular flexibility index (Phi) is 6.03. The summed E-state index contributed by atoms with van der Waals surface area (Å²) < 4.78 is 37.7. The van der Waals surface area contributed by atoms with Gasteiger partial charge in [0.25, 0.3) is 5.91 Å². The van der Waals surface area contributed by atoms with Gasteiger partial charge in [-0.2, -0.15) is 18.3 Å². The first-order chi connectivity index (χ1) is 13.1. The average Bonchev–Trinajstić information content (AvgIpc) is 3.18. The summed E-state index contributed by atoms with van der Waals surface area (Å²) in [5.41, 5.74) is -0.346. The molecular weight excluding hydrogens is 373 g/mol. The number of aliphatic hydroxyl groups excluding tert-OH is 1. The minimum absolute atomic E-state index is 0.148. The smallest absolute Gasteiger partial charge is 0.376 e. The predicted molar refractivity (Wildman–Crippen MR) is 96.6 cm³/mol. The zero-order chi connectivity index (χ0) is 20.5. The number of amides is 1. The van der Waals surface area contributed by atoms with Crippen LogP contribution in [0.3, 0.4) is 0 Å². The van der Waals surface area contributed by atoms with Crippen LogP contribution in [0.2, 0.25) is 0 Å². The second-order valence-electron chi connectivity index (χ2n) is 8.64.